The molecule has 0 saturated heterocycles. The Kier molecular flexibility index (Phi) is 6.61. The molecule has 76 valence electrons. The number of allylic oxidation sites excluding steroid dienone is 1. The molecule has 0 heterocycles. The zero-order valence-electron chi connectivity index (χ0n) is 8.76. The lowest BCUT2D eigenvalue weighted by Crippen LogP contribution is -2.27. The van der Waals surface area contributed by atoms with Crippen LogP contribution in [-0.2, 0) is 0 Å². The molecule has 1 atom stereocenters. The van der Waals surface area contributed by atoms with Crippen molar-refractivity contribution in [3.05, 3.63) is 25.3 Å². The van der Waals surface area contributed by atoms with E-state index in [-0.39, 0.29) is 0 Å². The minimum Gasteiger partial charge on any atom is -0.390 e. The molecule has 0 aromatic rings. The Hall–Kier alpha value is -0.560. The zero-order chi connectivity index (χ0) is 10.2. The third kappa shape index (κ3) is 5.64. The van der Waals surface area contributed by atoms with E-state index in [4.69, 9.17) is 0 Å². The molecule has 0 aliphatic rings. The standard InChI is InChI=1S/C12H22O/c1-4-7-10-12(13,9-6-3)11-8-5-2/h4,6,13H,1,3,5,7-11H2,2H3. The summed E-state index contributed by atoms with van der Waals surface area (Å²) in [5.74, 6) is 0. The monoisotopic (exact) mass is 182 g/mol. The third-order valence-electron chi connectivity index (χ3n) is 2.33. The molecule has 0 aliphatic heterocycles. The van der Waals surface area contributed by atoms with Crippen molar-refractivity contribution in [2.75, 3.05) is 0 Å². The summed E-state index contributed by atoms with van der Waals surface area (Å²) >= 11 is 0. The first-order valence-corrected chi connectivity index (χ1v) is 5.12. The summed E-state index contributed by atoms with van der Waals surface area (Å²) in [5.41, 5.74) is -0.536. The van der Waals surface area contributed by atoms with Crippen LogP contribution in [0, 0.1) is 0 Å². The second-order valence-electron chi connectivity index (χ2n) is 3.65. The summed E-state index contributed by atoms with van der Waals surface area (Å²) in [6.45, 7) is 9.48. The van der Waals surface area contributed by atoms with Crippen molar-refractivity contribution >= 4 is 0 Å². The van der Waals surface area contributed by atoms with Gasteiger partial charge in [-0.05, 0) is 25.7 Å². The second kappa shape index (κ2) is 6.90. The fourth-order valence-electron chi connectivity index (χ4n) is 1.47. The van der Waals surface area contributed by atoms with Gasteiger partial charge in [-0.25, -0.2) is 0 Å². The molecule has 0 rings (SSSR count). The molecular formula is C12H22O. The number of aliphatic hydroxyl groups is 1. The highest BCUT2D eigenvalue weighted by Gasteiger charge is 2.23. The lowest BCUT2D eigenvalue weighted by Gasteiger charge is -2.26. The van der Waals surface area contributed by atoms with Gasteiger partial charge < -0.3 is 5.11 Å². The number of rotatable bonds is 8. The van der Waals surface area contributed by atoms with Crippen molar-refractivity contribution in [3.8, 4) is 0 Å². The van der Waals surface area contributed by atoms with Crippen LogP contribution in [0.25, 0.3) is 0 Å². The smallest absolute Gasteiger partial charge is 0.0684 e. The van der Waals surface area contributed by atoms with Crippen molar-refractivity contribution in [3.63, 3.8) is 0 Å². The van der Waals surface area contributed by atoms with Gasteiger partial charge in [0, 0.05) is 0 Å². The van der Waals surface area contributed by atoms with Gasteiger partial charge in [0.05, 0.1) is 5.60 Å². The molecule has 0 saturated carbocycles. The Bertz CT molecular complexity index is 151. The molecule has 0 fully saturated rings. The predicted molar refractivity (Wildman–Crippen MR) is 58.7 cm³/mol. The van der Waals surface area contributed by atoms with E-state index in [2.05, 4.69) is 20.1 Å². The molecule has 1 N–H and O–H groups in total. The van der Waals surface area contributed by atoms with Gasteiger partial charge in [0.1, 0.15) is 0 Å². The average Bonchev–Trinajstić information content (AvgIpc) is 2.12. The molecule has 0 radical (unpaired) electrons. The predicted octanol–water partition coefficient (Wildman–Crippen LogP) is 3.45. The van der Waals surface area contributed by atoms with Gasteiger partial charge in [0.2, 0.25) is 0 Å². The van der Waals surface area contributed by atoms with E-state index in [0.717, 1.165) is 32.1 Å². The SMILES string of the molecule is C=CCCC(O)(CC=C)CCCC. The topological polar surface area (TPSA) is 20.2 Å². The summed E-state index contributed by atoms with van der Waals surface area (Å²) in [6, 6.07) is 0. The largest absolute Gasteiger partial charge is 0.390 e. The van der Waals surface area contributed by atoms with E-state index < -0.39 is 5.60 Å². The van der Waals surface area contributed by atoms with Crippen molar-refractivity contribution in [1.82, 2.24) is 0 Å². The van der Waals surface area contributed by atoms with Gasteiger partial charge in [0.15, 0.2) is 0 Å². The molecule has 0 aliphatic carbocycles. The minimum absolute atomic E-state index is 0.536. The van der Waals surface area contributed by atoms with Crippen LogP contribution < -0.4 is 0 Å². The number of hydrogen-bond donors (Lipinski definition) is 1. The van der Waals surface area contributed by atoms with Crippen LogP contribution in [0.2, 0.25) is 0 Å². The summed E-state index contributed by atoms with van der Waals surface area (Å²) in [4.78, 5) is 0. The molecule has 0 spiro atoms. The molecule has 1 heteroatoms. The maximum absolute atomic E-state index is 10.2. The average molecular weight is 182 g/mol. The molecule has 0 amide bonds. The van der Waals surface area contributed by atoms with Crippen molar-refractivity contribution in [2.45, 2.75) is 51.0 Å². The first-order valence-electron chi connectivity index (χ1n) is 5.12. The lowest BCUT2D eigenvalue weighted by atomic mass is 9.88. The van der Waals surface area contributed by atoms with E-state index in [1.54, 1.807) is 6.08 Å². The van der Waals surface area contributed by atoms with E-state index in [9.17, 15) is 5.11 Å². The van der Waals surface area contributed by atoms with Crippen LogP contribution >= 0.6 is 0 Å². The molecule has 1 unspecified atom stereocenters. The van der Waals surface area contributed by atoms with E-state index in [0.29, 0.717) is 6.42 Å². The summed E-state index contributed by atoms with van der Waals surface area (Å²) in [7, 11) is 0. The number of hydrogen-bond acceptors (Lipinski definition) is 1. The van der Waals surface area contributed by atoms with Gasteiger partial charge in [-0.3, -0.25) is 0 Å². The normalized spacial score (nSPS) is 14.9. The molecular weight excluding hydrogens is 160 g/mol. The van der Waals surface area contributed by atoms with Crippen molar-refractivity contribution < 1.29 is 5.11 Å². The Morgan fingerprint density at radius 1 is 1.23 bits per heavy atom. The molecule has 1 nitrogen and oxygen atoms in total. The van der Waals surface area contributed by atoms with E-state index >= 15 is 0 Å². The molecule has 13 heavy (non-hydrogen) atoms. The highest BCUT2D eigenvalue weighted by molar-refractivity contribution is 4.88. The van der Waals surface area contributed by atoms with Crippen LogP contribution in [0.3, 0.4) is 0 Å². The van der Waals surface area contributed by atoms with Crippen LogP contribution in [0.4, 0.5) is 0 Å². The quantitative estimate of drug-likeness (QED) is 0.570. The maximum atomic E-state index is 10.2. The third-order valence-corrected chi connectivity index (χ3v) is 2.33. The number of unbranched alkanes of at least 4 members (excludes halogenated alkanes) is 1. The molecule has 0 bridgehead atoms. The Morgan fingerprint density at radius 3 is 2.38 bits per heavy atom. The second-order valence-corrected chi connectivity index (χ2v) is 3.65. The summed E-state index contributed by atoms with van der Waals surface area (Å²) in [6.07, 6.45) is 9.15. The highest BCUT2D eigenvalue weighted by atomic mass is 16.3. The van der Waals surface area contributed by atoms with E-state index in [1.807, 2.05) is 6.08 Å². The van der Waals surface area contributed by atoms with Gasteiger partial charge in [0.25, 0.3) is 0 Å². The fourth-order valence-corrected chi connectivity index (χ4v) is 1.47. The zero-order valence-corrected chi connectivity index (χ0v) is 8.76. The summed E-state index contributed by atoms with van der Waals surface area (Å²) < 4.78 is 0. The lowest BCUT2D eigenvalue weighted by molar-refractivity contribution is 0.0245. The molecule has 0 aromatic heterocycles. The van der Waals surface area contributed by atoms with Crippen LogP contribution in [-0.4, -0.2) is 10.7 Å². The first kappa shape index (κ1) is 12.4. The van der Waals surface area contributed by atoms with Gasteiger partial charge in [-0.15, -0.1) is 13.2 Å². The van der Waals surface area contributed by atoms with Gasteiger partial charge >= 0.3 is 0 Å². The highest BCUT2D eigenvalue weighted by Crippen LogP contribution is 2.24. The van der Waals surface area contributed by atoms with Crippen LogP contribution in [0.15, 0.2) is 25.3 Å². The molecule has 0 aromatic carbocycles. The fraction of sp³-hybridized carbons (Fsp3) is 0.667. The Morgan fingerprint density at radius 2 is 1.92 bits per heavy atom. The Balaban J connectivity index is 3.97. The van der Waals surface area contributed by atoms with Gasteiger partial charge in [-0.2, -0.15) is 0 Å². The summed E-state index contributed by atoms with van der Waals surface area (Å²) in [5, 5.41) is 10.2. The first-order chi connectivity index (χ1) is 6.18. The van der Waals surface area contributed by atoms with Crippen molar-refractivity contribution in [1.29, 1.82) is 0 Å². The van der Waals surface area contributed by atoms with Crippen LogP contribution in [0.1, 0.15) is 45.4 Å². The van der Waals surface area contributed by atoms with Gasteiger partial charge in [-0.1, -0.05) is 31.9 Å². The Labute approximate surface area is 82.2 Å². The van der Waals surface area contributed by atoms with E-state index in [1.165, 1.54) is 0 Å². The maximum Gasteiger partial charge on any atom is 0.0684 e. The van der Waals surface area contributed by atoms with Crippen molar-refractivity contribution in [2.24, 2.45) is 0 Å². The van der Waals surface area contributed by atoms with Crippen LogP contribution in [0.5, 0.6) is 0 Å². The minimum atomic E-state index is -0.536.